The first-order valence-electron chi connectivity index (χ1n) is 7.76. The first kappa shape index (κ1) is 18.0. The Balaban J connectivity index is 1.51. The summed E-state index contributed by atoms with van der Waals surface area (Å²) in [4.78, 5) is 14.0. The van der Waals surface area contributed by atoms with Gasteiger partial charge in [-0.25, -0.2) is 12.8 Å². The third kappa shape index (κ3) is 4.43. The molecule has 1 aliphatic heterocycles. The van der Waals surface area contributed by atoms with E-state index in [9.17, 15) is 17.6 Å². The summed E-state index contributed by atoms with van der Waals surface area (Å²) in [6, 6.07) is 8.88. The van der Waals surface area contributed by atoms with Crippen molar-refractivity contribution in [1.82, 2.24) is 9.21 Å². The lowest BCUT2D eigenvalue weighted by Gasteiger charge is -2.33. The van der Waals surface area contributed by atoms with Gasteiger partial charge >= 0.3 is 0 Å². The van der Waals surface area contributed by atoms with Gasteiger partial charge in [0, 0.05) is 31.9 Å². The number of benzene rings is 1. The van der Waals surface area contributed by atoms with Gasteiger partial charge in [0.15, 0.2) is 0 Å². The van der Waals surface area contributed by atoms with Gasteiger partial charge in [-0.05, 0) is 35.7 Å². The lowest BCUT2D eigenvalue weighted by atomic mass is 10.3. The first-order valence-corrected chi connectivity index (χ1v) is 10.1. The number of nitrogens with zero attached hydrogens (tertiary/aromatic N) is 2. The van der Waals surface area contributed by atoms with Gasteiger partial charge in [-0.15, -0.1) is 11.3 Å². The molecular weight excluding hydrogens is 365 g/mol. The normalized spacial score (nSPS) is 16.7. The first-order chi connectivity index (χ1) is 11.9. The maximum absolute atomic E-state index is 12.9. The molecule has 9 heteroatoms. The minimum absolute atomic E-state index is 0.171. The third-order valence-corrected chi connectivity index (χ3v) is 7.19. The van der Waals surface area contributed by atoms with Gasteiger partial charge in [-0.1, -0.05) is 6.07 Å². The average molecular weight is 383 g/mol. The Bertz CT molecular complexity index is 815. The number of sulfonamides is 1. The lowest BCUT2D eigenvalue weighted by Crippen LogP contribution is -2.50. The number of piperazine rings is 1. The Kier molecular flexibility index (Phi) is 5.48. The van der Waals surface area contributed by atoms with Crippen molar-refractivity contribution in [3.05, 3.63) is 47.6 Å². The van der Waals surface area contributed by atoms with Crippen LogP contribution in [0.2, 0.25) is 0 Å². The van der Waals surface area contributed by atoms with E-state index in [4.69, 9.17) is 0 Å². The lowest BCUT2D eigenvalue weighted by molar-refractivity contribution is -0.117. The van der Waals surface area contributed by atoms with Gasteiger partial charge < -0.3 is 5.32 Å². The summed E-state index contributed by atoms with van der Waals surface area (Å²) in [5, 5.41) is 4.44. The van der Waals surface area contributed by atoms with Crippen molar-refractivity contribution >= 4 is 33.0 Å². The van der Waals surface area contributed by atoms with E-state index < -0.39 is 10.0 Å². The second-order valence-electron chi connectivity index (χ2n) is 5.67. The zero-order chi connectivity index (χ0) is 17.9. The summed E-state index contributed by atoms with van der Waals surface area (Å²) in [5.41, 5.74) is 0.533. The fourth-order valence-electron chi connectivity index (χ4n) is 2.60. The second kappa shape index (κ2) is 7.61. The second-order valence-corrected chi connectivity index (χ2v) is 8.78. The SMILES string of the molecule is O=C(CN1CCN(S(=O)(=O)c2cccs2)CC1)Nc1ccc(F)cc1. The van der Waals surface area contributed by atoms with E-state index >= 15 is 0 Å². The van der Waals surface area contributed by atoms with Gasteiger partial charge in [0.2, 0.25) is 5.91 Å². The number of amides is 1. The number of anilines is 1. The summed E-state index contributed by atoms with van der Waals surface area (Å²) in [7, 11) is -3.43. The average Bonchev–Trinajstić information content (AvgIpc) is 3.13. The highest BCUT2D eigenvalue weighted by Gasteiger charge is 2.29. The van der Waals surface area contributed by atoms with Crippen LogP contribution in [0.5, 0.6) is 0 Å². The molecule has 0 spiro atoms. The van der Waals surface area contributed by atoms with E-state index in [0.717, 1.165) is 0 Å². The molecule has 0 atom stereocenters. The number of hydrogen-bond donors (Lipinski definition) is 1. The zero-order valence-electron chi connectivity index (χ0n) is 13.4. The zero-order valence-corrected chi connectivity index (χ0v) is 15.0. The summed E-state index contributed by atoms with van der Waals surface area (Å²) in [6.45, 7) is 1.85. The maximum Gasteiger partial charge on any atom is 0.252 e. The molecule has 1 aliphatic rings. The van der Waals surface area contributed by atoms with Crippen molar-refractivity contribution in [2.75, 3.05) is 38.0 Å². The van der Waals surface area contributed by atoms with Crippen LogP contribution < -0.4 is 5.32 Å². The van der Waals surface area contributed by atoms with Crippen molar-refractivity contribution in [2.45, 2.75) is 4.21 Å². The van der Waals surface area contributed by atoms with Crippen LogP contribution in [0.4, 0.5) is 10.1 Å². The Morgan fingerprint density at radius 3 is 2.40 bits per heavy atom. The molecule has 1 aromatic carbocycles. The van der Waals surface area contributed by atoms with Crippen LogP contribution in [0.15, 0.2) is 46.0 Å². The molecule has 25 heavy (non-hydrogen) atoms. The number of rotatable bonds is 5. The van der Waals surface area contributed by atoms with E-state index in [-0.39, 0.29) is 18.3 Å². The minimum Gasteiger partial charge on any atom is -0.325 e. The molecule has 1 saturated heterocycles. The predicted molar refractivity (Wildman–Crippen MR) is 94.5 cm³/mol. The van der Waals surface area contributed by atoms with E-state index in [1.165, 1.54) is 39.9 Å². The largest absolute Gasteiger partial charge is 0.325 e. The summed E-state index contributed by atoms with van der Waals surface area (Å²) in [5.74, 6) is -0.567. The van der Waals surface area contributed by atoms with Gasteiger partial charge in [-0.2, -0.15) is 4.31 Å². The van der Waals surface area contributed by atoms with Gasteiger partial charge in [-0.3, -0.25) is 9.69 Å². The maximum atomic E-state index is 12.9. The molecule has 3 rings (SSSR count). The van der Waals surface area contributed by atoms with Crippen molar-refractivity contribution in [3.63, 3.8) is 0 Å². The molecule has 0 radical (unpaired) electrons. The summed E-state index contributed by atoms with van der Waals surface area (Å²) >= 11 is 1.20. The number of carbonyl (C=O) groups excluding carboxylic acids is 1. The third-order valence-electron chi connectivity index (χ3n) is 3.92. The van der Waals surface area contributed by atoms with E-state index in [2.05, 4.69) is 5.32 Å². The molecule has 2 aromatic rings. The molecule has 0 unspecified atom stereocenters. The summed E-state index contributed by atoms with van der Waals surface area (Å²) in [6.07, 6.45) is 0. The van der Waals surface area contributed by atoms with Crippen LogP contribution >= 0.6 is 11.3 Å². The van der Waals surface area contributed by atoms with Crippen LogP contribution in [0, 0.1) is 5.82 Å². The monoisotopic (exact) mass is 383 g/mol. The van der Waals surface area contributed by atoms with Gasteiger partial charge in [0.1, 0.15) is 10.0 Å². The van der Waals surface area contributed by atoms with E-state index in [1.807, 2.05) is 4.90 Å². The molecule has 1 amide bonds. The predicted octanol–water partition coefficient (Wildman–Crippen LogP) is 1.83. The van der Waals surface area contributed by atoms with Gasteiger partial charge in [0.25, 0.3) is 10.0 Å². The molecular formula is C16H18FN3O3S2. The van der Waals surface area contributed by atoms with Crippen molar-refractivity contribution < 1.29 is 17.6 Å². The quantitative estimate of drug-likeness (QED) is 0.855. The van der Waals surface area contributed by atoms with E-state index in [1.54, 1.807) is 17.5 Å². The fraction of sp³-hybridized carbons (Fsp3) is 0.312. The smallest absolute Gasteiger partial charge is 0.252 e. The Labute approximate surface area is 149 Å². The molecule has 1 fully saturated rings. The molecule has 134 valence electrons. The number of carbonyl (C=O) groups is 1. The standard InChI is InChI=1S/C16H18FN3O3S2/c17-13-3-5-14(6-4-13)18-15(21)12-19-7-9-20(10-8-19)25(22,23)16-2-1-11-24-16/h1-6,11H,7-10,12H2,(H,18,21). The van der Waals surface area contributed by atoms with Crippen LogP contribution in [0.3, 0.4) is 0 Å². The molecule has 0 bridgehead atoms. The molecule has 6 nitrogen and oxygen atoms in total. The number of hydrogen-bond acceptors (Lipinski definition) is 5. The molecule has 1 N–H and O–H groups in total. The molecule has 0 saturated carbocycles. The van der Waals surface area contributed by atoms with E-state index in [0.29, 0.717) is 36.1 Å². The van der Waals surface area contributed by atoms with Crippen LogP contribution in [-0.4, -0.2) is 56.3 Å². The van der Waals surface area contributed by atoms with Crippen molar-refractivity contribution in [3.8, 4) is 0 Å². The van der Waals surface area contributed by atoms with Crippen LogP contribution in [-0.2, 0) is 14.8 Å². The summed E-state index contributed by atoms with van der Waals surface area (Å²) < 4.78 is 39.6. The van der Waals surface area contributed by atoms with Gasteiger partial charge in [0.05, 0.1) is 6.54 Å². The van der Waals surface area contributed by atoms with Crippen LogP contribution in [0.25, 0.3) is 0 Å². The highest BCUT2D eigenvalue weighted by molar-refractivity contribution is 7.91. The van der Waals surface area contributed by atoms with Crippen molar-refractivity contribution in [1.29, 1.82) is 0 Å². The molecule has 1 aromatic heterocycles. The number of thiophene rings is 1. The highest BCUT2D eigenvalue weighted by atomic mass is 32.2. The Morgan fingerprint density at radius 2 is 1.80 bits per heavy atom. The van der Waals surface area contributed by atoms with Crippen LogP contribution in [0.1, 0.15) is 0 Å². The van der Waals surface area contributed by atoms with Crippen molar-refractivity contribution in [2.24, 2.45) is 0 Å². The molecule has 0 aliphatic carbocycles. The number of nitrogens with one attached hydrogen (secondary N) is 1. The minimum atomic E-state index is -3.43. The number of halogens is 1. The Morgan fingerprint density at radius 1 is 1.12 bits per heavy atom. The highest BCUT2D eigenvalue weighted by Crippen LogP contribution is 2.22. The molecule has 2 heterocycles. The topological polar surface area (TPSA) is 69.7 Å². The Hall–Kier alpha value is -1.81. The fourth-order valence-corrected chi connectivity index (χ4v) is 5.17.